The minimum absolute atomic E-state index is 0.0471. The van der Waals surface area contributed by atoms with Gasteiger partial charge in [0.1, 0.15) is 0 Å². The summed E-state index contributed by atoms with van der Waals surface area (Å²) in [5, 5.41) is 3.26. The highest BCUT2D eigenvalue weighted by atomic mass is 16.4. The van der Waals surface area contributed by atoms with E-state index in [2.05, 4.69) is 50.1 Å². The maximum Gasteiger partial charge on any atom is 0.300 e. The van der Waals surface area contributed by atoms with Gasteiger partial charge in [0.25, 0.3) is 11.9 Å². The number of carbonyl (C=O) groups excluding carboxylic acids is 1. The summed E-state index contributed by atoms with van der Waals surface area (Å²) in [7, 11) is 0. The van der Waals surface area contributed by atoms with Gasteiger partial charge in [-0.2, -0.15) is 4.98 Å². The second kappa shape index (κ2) is 7.52. The van der Waals surface area contributed by atoms with Gasteiger partial charge in [0.05, 0.1) is 5.69 Å². The van der Waals surface area contributed by atoms with E-state index in [1.165, 1.54) is 18.4 Å². The Balaban J connectivity index is 1.81. The first-order valence-corrected chi connectivity index (χ1v) is 9.50. The number of carbonyl (C=O) groups is 1. The molecule has 1 heterocycles. The summed E-state index contributed by atoms with van der Waals surface area (Å²) in [6.45, 7) is 11.7. The maximum atomic E-state index is 12.9. The predicted molar refractivity (Wildman–Crippen MR) is 104 cm³/mol. The average Bonchev–Trinajstić information content (AvgIpc) is 3.31. The molecule has 0 radical (unpaired) electrons. The molecule has 0 bridgehead atoms. The molecule has 26 heavy (non-hydrogen) atoms. The fraction of sp³-hybridized carbons (Fsp3) is 0.524. The third kappa shape index (κ3) is 4.09. The van der Waals surface area contributed by atoms with Crippen LogP contribution < -0.4 is 5.32 Å². The number of nitrogens with zero attached hydrogens (tertiary/aromatic N) is 2. The quantitative estimate of drug-likeness (QED) is 0.766. The van der Waals surface area contributed by atoms with E-state index < -0.39 is 0 Å². The number of aromatic nitrogens is 1. The largest absolute Gasteiger partial charge is 0.418 e. The Labute approximate surface area is 155 Å². The Kier molecular flexibility index (Phi) is 5.35. The van der Waals surface area contributed by atoms with Crippen molar-refractivity contribution in [3.8, 4) is 0 Å². The van der Waals surface area contributed by atoms with E-state index in [1.54, 1.807) is 0 Å². The molecule has 140 valence electrons. The Bertz CT molecular complexity index is 783. The van der Waals surface area contributed by atoms with Gasteiger partial charge in [-0.3, -0.25) is 4.79 Å². The van der Waals surface area contributed by atoms with Crippen molar-refractivity contribution in [1.82, 2.24) is 9.88 Å². The third-order valence-electron chi connectivity index (χ3n) is 4.86. The zero-order valence-corrected chi connectivity index (χ0v) is 16.5. The second-order valence-corrected chi connectivity index (χ2v) is 7.53. The fourth-order valence-electron chi connectivity index (χ4n) is 3.43. The lowest BCUT2D eigenvalue weighted by Gasteiger charge is -2.20. The van der Waals surface area contributed by atoms with E-state index in [0.29, 0.717) is 23.4 Å². The Morgan fingerprint density at radius 1 is 1.23 bits per heavy atom. The highest BCUT2D eigenvalue weighted by Gasteiger charge is 2.29. The second-order valence-electron chi connectivity index (χ2n) is 7.53. The molecule has 0 atom stereocenters. The number of rotatable bonds is 7. The van der Waals surface area contributed by atoms with Gasteiger partial charge >= 0.3 is 0 Å². The first-order valence-electron chi connectivity index (χ1n) is 9.50. The predicted octanol–water partition coefficient (Wildman–Crippen LogP) is 4.91. The monoisotopic (exact) mass is 355 g/mol. The zero-order chi connectivity index (χ0) is 18.8. The van der Waals surface area contributed by atoms with Gasteiger partial charge in [0.2, 0.25) is 5.76 Å². The summed E-state index contributed by atoms with van der Waals surface area (Å²) < 4.78 is 5.84. The Hall–Kier alpha value is -2.30. The number of amides is 1. The van der Waals surface area contributed by atoms with Crippen molar-refractivity contribution < 1.29 is 9.21 Å². The number of nitrogens with one attached hydrogen (secondary N) is 1. The summed E-state index contributed by atoms with van der Waals surface area (Å²) in [6, 6.07) is 4.62. The number of benzene rings is 1. The molecule has 1 N–H and O–H groups in total. The number of oxazole rings is 1. The number of aryl methyl sites for hydroxylation is 4. The Morgan fingerprint density at radius 3 is 2.46 bits per heavy atom. The summed E-state index contributed by atoms with van der Waals surface area (Å²) in [5.41, 5.74) is 5.11. The molecular formula is C21H29N3O2. The molecule has 2 aromatic rings. The van der Waals surface area contributed by atoms with Crippen LogP contribution in [-0.4, -0.2) is 28.9 Å². The molecule has 0 saturated heterocycles. The van der Waals surface area contributed by atoms with E-state index in [0.717, 1.165) is 36.3 Å². The van der Waals surface area contributed by atoms with Gasteiger partial charge in [0.15, 0.2) is 0 Å². The van der Waals surface area contributed by atoms with Crippen LogP contribution in [0.5, 0.6) is 0 Å². The van der Waals surface area contributed by atoms with Crippen LogP contribution in [0.25, 0.3) is 0 Å². The van der Waals surface area contributed by atoms with Crippen LogP contribution >= 0.6 is 0 Å². The molecule has 3 rings (SSSR count). The topological polar surface area (TPSA) is 58.4 Å². The Morgan fingerprint density at radius 2 is 1.88 bits per heavy atom. The van der Waals surface area contributed by atoms with Crippen molar-refractivity contribution in [2.45, 2.75) is 53.9 Å². The highest BCUT2D eigenvalue weighted by Crippen LogP contribution is 2.31. The maximum absolute atomic E-state index is 12.9. The van der Waals surface area contributed by atoms with Gasteiger partial charge in [0, 0.05) is 18.8 Å². The van der Waals surface area contributed by atoms with Gasteiger partial charge in [-0.1, -0.05) is 24.6 Å². The number of anilines is 2. The molecular weight excluding hydrogens is 326 g/mol. The lowest BCUT2D eigenvalue weighted by molar-refractivity contribution is 0.0716. The van der Waals surface area contributed by atoms with Crippen LogP contribution in [-0.2, 0) is 0 Å². The van der Waals surface area contributed by atoms with Crippen molar-refractivity contribution in [3.63, 3.8) is 0 Å². The summed E-state index contributed by atoms with van der Waals surface area (Å²) in [5.74, 6) is 0.961. The first kappa shape index (κ1) is 18.5. The molecule has 0 unspecified atom stereocenters. The van der Waals surface area contributed by atoms with Crippen LogP contribution in [0.2, 0.25) is 0 Å². The lowest BCUT2D eigenvalue weighted by atomic mass is 10.1. The molecule has 1 aliphatic carbocycles. The third-order valence-corrected chi connectivity index (χ3v) is 4.86. The summed E-state index contributed by atoms with van der Waals surface area (Å²) in [4.78, 5) is 19.3. The normalized spacial score (nSPS) is 13.7. The van der Waals surface area contributed by atoms with E-state index >= 15 is 0 Å². The average molecular weight is 355 g/mol. The molecule has 1 aromatic carbocycles. The van der Waals surface area contributed by atoms with Crippen LogP contribution in [0, 0.1) is 33.6 Å². The van der Waals surface area contributed by atoms with E-state index in [4.69, 9.17) is 4.42 Å². The standard InChI is InChI=1S/C21H29N3O2/c1-6-9-24(12-17-7-8-17)20(25)19-16(5)22-21(26-19)23-18-14(3)10-13(2)11-15(18)4/h10-11,17H,6-9,12H2,1-5H3,(H,22,23). The minimum atomic E-state index is -0.0471. The smallest absolute Gasteiger partial charge is 0.300 e. The molecule has 0 spiro atoms. The molecule has 1 fully saturated rings. The van der Waals surface area contributed by atoms with E-state index in [1.807, 2.05) is 11.8 Å². The SMILES string of the molecule is CCCN(CC1CC1)C(=O)c1oc(Nc2c(C)cc(C)cc2C)nc1C. The molecule has 1 aliphatic rings. The molecule has 5 nitrogen and oxygen atoms in total. The van der Waals surface area contributed by atoms with Gasteiger partial charge in [-0.05, 0) is 64.0 Å². The van der Waals surface area contributed by atoms with Crippen LogP contribution in [0.4, 0.5) is 11.7 Å². The fourth-order valence-corrected chi connectivity index (χ4v) is 3.43. The molecule has 0 aliphatic heterocycles. The van der Waals surface area contributed by atoms with E-state index in [-0.39, 0.29) is 5.91 Å². The van der Waals surface area contributed by atoms with Gasteiger partial charge in [-0.15, -0.1) is 0 Å². The lowest BCUT2D eigenvalue weighted by Crippen LogP contribution is -2.33. The molecule has 1 amide bonds. The van der Waals surface area contributed by atoms with Crippen LogP contribution in [0.1, 0.15) is 59.1 Å². The zero-order valence-electron chi connectivity index (χ0n) is 16.5. The first-order chi connectivity index (χ1) is 12.4. The van der Waals surface area contributed by atoms with Gasteiger partial charge in [-0.25, -0.2) is 0 Å². The van der Waals surface area contributed by atoms with E-state index in [9.17, 15) is 4.79 Å². The van der Waals surface area contributed by atoms with Crippen molar-refractivity contribution in [2.75, 3.05) is 18.4 Å². The summed E-state index contributed by atoms with van der Waals surface area (Å²) in [6.07, 6.45) is 3.39. The number of hydrogen-bond acceptors (Lipinski definition) is 4. The highest BCUT2D eigenvalue weighted by molar-refractivity contribution is 5.92. The molecule has 1 saturated carbocycles. The van der Waals surface area contributed by atoms with Crippen molar-refractivity contribution in [2.24, 2.45) is 5.92 Å². The summed E-state index contributed by atoms with van der Waals surface area (Å²) >= 11 is 0. The van der Waals surface area contributed by atoms with Crippen molar-refractivity contribution in [1.29, 1.82) is 0 Å². The number of hydrogen-bond donors (Lipinski definition) is 1. The van der Waals surface area contributed by atoms with Crippen LogP contribution in [0.15, 0.2) is 16.5 Å². The van der Waals surface area contributed by atoms with Gasteiger partial charge < -0.3 is 14.6 Å². The molecule has 1 aromatic heterocycles. The van der Waals surface area contributed by atoms with Crippen LogP contribution in [0.3, 0.4) is 0 Å². The minimum Gasteiger partial charge on any atom is -0.418 e. The molecule has 5 heteroatoms. The van der Waals surface area contributed by atoms with Crippen molar-refractivity contribution in [3.05, 3.63) is 40.3 Å². The van der Waals surface area contributed by atoms with Crippen molar-refractivity contribution >= 4 is 17.6 Å².